The molecule has 0 amide bonds. The van der Waals surface area contributed by atoms with Crippen LogP contribution in [-0.4, -0.2) is 26.6 Å². The van der Waals surface area contributed by atoms with E-state index in [0.29, 0.717) is 5.92 Å². The Morgan fingerprint density at radius 3 is 1.50 bits per heavy atom. The number of hydrogen-bond donors (Lipinski definition) is 0. The Labute approximate surface area is 329 Å². The van der Waals surface area contributed by atoms with E-state index < -0.39 is 0 Å². The van der Waals surface area contributed by atoms with E-state index in [9.17, 15) is 0 Å². The summed E-state index contributed by atoms with van der Waals surface area (Å²) in [7, 11) is 4.24. The SMILES string of the molecule is CC.CC.CC.CC.CC.CC.Cc1cccc2c3ccccc3n(C3=[N+](C)C=CC3C)c12.Cc1ccccc1-n1c2ccccc2c2ccc[n+](C)c21. The van der Waals surface area contributed by atoms with Gasteiger partial charge in [0.15, 0.2) is 0 Å². The number of aryl methyl sites for hydroxylation is 3. The maximum Gasteiger partial charge on any atom is 0.294 e. The van der Waals surface area contributed by atoms with Crippen molar-refractivity contribution < 1.29 is 9.14 Å². The molecule has 1 atom stereocenters. The molecule has 0 fully saturated rings. The summed E-state index contributed by atoms with van der Waals surface area (Å²) >= 11 is 0. The summed E-state index contributed by atoms with van der Waals surface area (Å²) in [4.78, 5) is 0. The van der Waals surface area contributed by atoms with Crippen LogP contribution in [0.3, 0.4) is 0 Å². The molecule has 1 aliphatic rings. The van der Waals surface area contributed by atoms with Gasteiger partial charge in [-0.25, -0.2) is 9.14 Å². The lowest BCUT2D eigenvalue weighted by atomic mass is 10.1. The van der Waals surface area contributed by atoms with Gasteiger partial charge in [-0.2, -0.15) is 9.13 Å². The average Bonchev–Trinajstić information content (AvgIpc) is 3.89. The summed E-state index contributed by atoms with van der Waals surface area (Å²) < 4.78 is 9.23. The van der Waals surface area contributed by atoms with Crippen molar-refractivity contribution in [3.05, 3.63) is 133 Å². The first-order valence-electron chi connectivity index (χ1n) is 20.7. The van der Waals surface area contributed by atoms with Crippen molar-refractivity contribution in [3.63, 3.8) is 0 Å². The molecule has 4 heterocycles. The fraction of sp³-hybridized carbons (Fsp3) is 0.360. The van der Waals surface area contributed by atoms with Gasteiger partial charge in [-0.3, -0.25) is 0 Å². The summed E-state index contributed by atoms with van der Waals surface area (Å²) in [6, 6.07) is 36.7. The minimum absolute atomic E-state index is 0.425. The molecule has 0 radical (unpaired) electrons. The van der Waals surface area contributed by atoms with Crippen molar-refractivity contribution >= 4 is 49.6 Å². The summed E-state index contributed by atoms with van der Waals surface area (Å²) in [5.41, 5.74) is 8.95. The maximum absolute atomic E-state index is 2.44. The van der Waals surface area contributed by atoms with Crippen molar-refractivity contribution in [1.82, 2.24) is 9.13 Å². The predicted octanol–water partition coefficient (Wildman–Crippen LogP) is 14.2. The van der Waals surface area contributed by atoms with Crippen molar-refractivity contribution in [2.24, 2.45) is 13.0 Å². The highest BCUT2D eigenvalue weighted by atomic mass is 15.2. The van der Waals surface area contributed by atoms with Crippen LogP contribution in [0.5, 0.6) is 0 Å². The van der Waals surface area contributed by atoms with Crippen molar-refractivity contribution in [3.8, 4) is 5.69 Å². The topological polar surface area (TPSA) is 16.8 Å². The van der Waals surface area contributed by atoms with E-state index in [4.69, 9.17) is 0 Å². The van der Waals surface area contributed by atoms with Crippen LogP contribution >= 0.6 is 0 Å². The molecule has 8 rings (SSSR count). The van der Waals surface area contributed by atoms with Crippen LogP contribution in [0.2, 0.25) is 0 Å². The first-order valence-corrected chi connectivity index (χ1v) is 20.7. The molecule has 3 aromatic heterocycles. The van der Waals surface area contributed by atoms with E-state index in [2.05, 4.69) is 175 Å². The zero-order valence-corrected chi connectivity index (χ0v) is 36.9. The lowest BCUT2D eigenvalue weighted by molar-refractivity contribution is -0.647. The monoisotopic (exact) mass is 729 g/mol. The summed E-state index contributed by atoms with van der Waals surface area (Å²) in [5, 5.41) is 5.26. The molecule has 0 saturated carbocycles. The number of aromatic nitrogens is 3. The Kier molecular flexibility index (Phi) is 21.2. The molecule has 4 nitrogen and oxygen atoms in total. The van der Waals surface area contributed by atoms with Crippen LogP contribution in [0.4, 0.5) is 0 Å². The van der Waals surface area contributed by atoms with Gasteiger partial charge in [0.05, 0.1) is 37.8 Å². The Balaban J connectivity index is 0.000000424. The molecular weight excluding hydrogens is 657 g/mol. The minimum atomic E-state index is 0.425. The first kappa shape index (κ1) is 47.1. The van der Waals surface area contributed by atoms with Gasteiger partial charge >= 0.3 is 0 Å². The van der Waals surface area contributed by atoms with E-state index in [0.717, 1.165) is 0 Å². The fourth-order valence-electron chi connectivity index (χ4n) is 6.69. The summed E-state index contributed by atoms with van der Waals surface area (Å²) in [6.45, 7) is 30.6. The zero-order chi connectivity index (χ0) is 41.0. The van der Waals surface area contributed by atoms with E-state index in [-0.39, 0.29) is 0 Å². The molecule has 0 bridgehead atoms. The molecule has 0 N–H and O–H groups in total. The van der Waals surface area contributed by atoms with E-state index in [1.54, 1.807) is 0 Å². The second-order valence-electron chi connectivity index (χ2n) is 11.4. The third kappa shape index (κ3) is 9.77. The number of fused-ring (bicyclic) bond motifs is 6. The minimum Gasteiger partial charge on any atom is -0.240 e. The van der Waals surface area contributed by atoms with Crippen LogP contribution in [0.15, 0.2) is 122 Å². The van der Waals surface area contributed by atoms with Gasteiger partial charge in [-0.1, -0.05) is 138 Å². The quantitative estimate of drug-likeness (QED) is 0.150. The van der Waals surface area contributed by atoms with Gasteiger partial charge in [0.2, 0.25) is 0 Å². The van der Waals surface area contributed by atoms with E-state index in [1.165, 1.54) is 66.4 Å². The van der Waals surface area contributed by atoms with Crippen molar-refractivity contribution in [2.75, 3.05) is 7.05 Å². The van der Waals surface area contributed by atoms with Crippen molar-refractivity contribution in [2.45, 2.75) is 104 Å². The number of pyridine rings is 1. The highest BCUT2D eigenvalue weighted by molar-refractivity contribution is 6.15. The van der Waals surface area contributed by atoms with Gasteiger partial charge < -0.3 is 0 Å². The highest BCUT2D eigenvalue weighted by Gasteiger charge is 2.29. The van der Waals surface area contributed by atoms with Gasteiger partial charge in [0, 0.05) is 16.2 Å². The third-order valence-corrected chi connectivity index (χ3v) is 8.64. The van der Waals surface area contributed by atoms with E-state index >= 15 is 0 Å². The highest BCUT2D eigenvalue weighted by Crippen LogP contribution is 2.33. The Hall–Kier alpha value is -4.96. The summed E-state index contributed by atoms with van der Waals surface area (Å²) in [5.74, 6) is 1.75. The van der Waals surface area contributed by atoms with Crippen LogP contribution < -0.4 is 4.57 Å². The molecule has 4 aromatic carbocycles. The molecule has 4 heteroatoms. The second kappa shape index (κ2) is 24.4. The Bertz CT molecular complexity index is 2210. The van der Waals surface area contributed by atoms with E-state index in [1.807, 2.05) is 83.1 Å². The van der Waals surface area contributed by atoms with Crippen LogP contribution in [0.1, 0.15) is 101 Å². The largest absolute Gasteiger partial charge is 0.294 e. The lowest BCUT2D eigenvalue weighted by Crippen LogP contribution is -2.30. The van der Waals surface area contributed by atoms with Crippen LogP contribution in [-0.2, 0) is 7.05 Å². The molecule has 1 aliphatic heterocycles. The molecule has 54 heavy (non-hydrogen) atoms. The number of nitrogens with zero attached hydrogens (tertiary/aromatic N) is 4. The number of para-hydroxylation sites is 4. The van der Waals surface area contributed by atoms with Crippen LogP contribution in [0.25, 0.3) is 49.4 Å². The predicted molar refractivity (Wildman–Crippen MR) is 244 cm³/mol. The summed E-state index contributed by atoms with van der Waals surface area (Å²) in [6.07, 6.45) is 6.53. The second-order valence-corrected chi connectivity index (χ2v) is 11.4. The van der Waals surface area contributed by atoms with Gasteiger partial charge in [-0.15, -0.1) is 0 Å². The standard InChI is InChI=1S/C19H19N2.C19H17N2.6C2H6/c1-13-7-6-9-16-15-8-4-5-10-17(15)21(18(13)16)19-14(2)11-12-20(19)3;1-14-8-3-5-11-17(14)21-18-12-6-4-9-15(18)16-10-7-13-20(2)19(16)21;6*1-2/h4-12,14H,1-3H3;3-13H,1-2H3;6*1-2H3/q2*+1;;;;;;. The normalized spacial score (nSPS) is 12.2. The molecule has 0 spiro atoms. The Morgan fingerprint density at radius 2 is 0.944 bits per heavy atom. The molecule has 7 aromatic rings. The molecule has 290 valence electrons. The molecule has 0 aliphatic carbocycles. The maximum atomic E-state index is 2.44. The number of benzene rings is 4. The molecule has 1 unspecified atom stereocenters. The van der Waals surface area contributed by atoms with Crippen molar-refractivity contribution in [1.29, 1.82) is 0 Å². The molecular formula is C50H72N4+2. The lowest BCUT2D eigenvalue weighted by Gasteiger charge is -2.07. The Morgan fingerprint density at radius 1 is 0.481 bits per heavy atom. The number of hydrogen-bond acceptors (Lipinski definition) is 0. The zero-order valence-electron chi connectivity index (χ0n) is 36.9. The first-order chi connectivity index (χ1) is 26.5. The van der Waals surface area contributed by atoms with Gasteiger partial charge in [0.1, 0.15) is 22.2 Å². The molecule has 0 saturated heterocycles. The number of rotatable bonds is 1. The van der Waals surface area contributed by atoms with Crippen LogP contribution in [0, 0.1) is 19.8 Å². The third-order valence-electron chi connectivity index (χ3n) is 8.64. The smallest absolute Gasteiger partial charge is 0.240 e. The number of allylic oxidation sites excluding steroid dienone is 1. The van der Waals surface area contributed by atoms with Gasteiger partial charge in [-0.05, 0) is 86.5 Å². The fourth-order valence-corrected chi connectivity index (χ4v) is 6.69. The van der Waals surface area contributed by atoms with Gasteiger partial charge in [0.25, 0.3) is 11.5 Å². The average molecular weight is 729 g/mol.